The van der Waals surface area contributed by atoms with E-state index in [4.69, 9.17) is 11.6 Å². The van der Waals surface area contributed by atoms with E-state index in [2.05, 4.69) is 6.08 Å². The Morgan fingerprint density at radius 3 is 3.08 bits per heavy atom. The molecular weight excluding hydrogens is 184 g/mol. The van der Waals surface area contributed by atoms with Gasteiger partial charge in [-0.05, 0) is 12.0 Å². The third-order valence-electron chi connectivity index (χ3n) is 2.50. The smallest absolute Gasteiger partial charge is 0.166 e. The van der Waals surface area contributed by atoms with Gasteiger partial charge in [-0.2, -0.15) is 0 Å². The van der Waals surface area contributed by atoms with Gasteiger partial charge in [-0.15, -0.1) is 11.6 Å². The maximum absolute atomic E-state index is 11.7. The molecule has 68 valence electrons. The Morgan fingerprint density at radius 1 is 1.54 bits per heavy atom. The number of hydrogen-bond donors (Lipinski definition) is 0. The summed E-state index contributed by atoms with van der Waals surface area (Å²) < 4.78 is 0. The van der Waals surface area contributed by atoms with Crippen molar-refractivity contribution in [3.63, 3.8) is 0 Å². The van der Waals surface area contributed by atoms with Crippen LogP contribution in [-0.4, -0.2) is 11.2 Å². The van der Waals surface area contributed by atoms with Crippen LogP contribution in [0.25, 0.3) is 0 Å². The Labute approximate surface area is 82.8 Å². The first-order chi connectivity index (χ1) is 6.18. The maximum Gasteiger partial charge on any atom is 0.166 e. The van der Waals surface area contributed by atoms with E-state index in [0.29, 0.717) is 0 Å². The van der Waals surface area contributed by atoms with E-state index < -0.39 is 0 Å². The summed E-state index contributed by atoms with van der Waals surface area (Å²) in [6.07, 6.45) is 8.64. The fraction of sp³-hybridized carbons (Fsp3) is 0.364. The molecule has 0 aromatic carbocycles. The van der Waals surface area contributed by atoms with Crippen LogP contribution >= 0.6 is 11.6 Å². The molecule has 0 amide bonds. The Bertz CT molecular complexity index is 336. The Balaban J connectivity index is 2.41. The molecule has 0 aromatic heterocycles. The van der Waals surface area contributed by atoms with Gasteiger partial charge in [-0.1, -0.05) is 31.2 Å². The van der Waals surface area contributed by atoms with Gasteiger partial charge in [-0.25, -0.2) is 0 Å². The summed E-state index contributed by atoms with van der Waals surface area (Å²) in [5.41, 5.74) is 1.85. The van der Waals surface area contributed by atoms with Crippen LogP contribution in [0.3, 0.4) is 0 Å². The quantitative estimate of drug-likeness (QED) is 0.542. The lowest BCUT2D eigenvalue weighted by Crippen LogP contribution is -2.20. The minimum absolute atomic E-state index is 0.116. The standard InChI is InChI=1S/C11H11ClO/c1-7-2-3-8-4-5-9(12)6-10(8)11(7)13/h3-7,9H,2H2,1H3. The number of Topliss-reactive ketones (excluding diaryl/α,β-unsaturated/α-hetero) is 1. The number of hydrogen-bond acceptors (Lipinski definition) is 1. The predicted octanol–water partition coefficient (Wildman–Crippen LogP) is 2.63. The molecule has 0 radical (unpaired) electrons. The monoisotopic (exact) mass is 194 g/mol. The average molecular weight is 195 g/mol. The molecule has 0 aromatic rings. The van der Waals surface area contributed by atoms with Gasteiger partial charge in [-0.3, -0.25) is 4.79 Å². The fourth-order valence-electron chi connectivity index (χ4n) is 1.68. The molecule has 0 fully saturated rings. The van der Waals surface area contributed by atoms with E-state index in [1.54, 1.807) is 0 Å². The summed E-state index contributed by atoms with van der Waals surface area (Å²) in [7, 11) is 0. The second kappa shape index (κ2) is 3.15. The van der Waals surface area contributed by atoms with Crippen molar-refractivity contribution < 1.29 is 4.79 Å². The van der Waals surface area contributed by atoms with Crippen molar-refractivity contribution in [1.82, 2.24) is 0 Å². The molecule has 2 atom stereocenters. The SMILES string of the molecule is CC1CC=C2C=CC(Cl)C=C2C1=O. The van der Waals surface area contributed by atoms with Gasteiger partial charge in [0, 0.05) is 11.5 Å². The zero-order chi connectivity index (χ0) is 9.42. The van der Waals surface area contributed by atoms with E-state index in [1.807, 2.05) is 25.2 Å². The number of allylic oxidation sites excluding steroid dienone is 6. The third kappa shape index (κ3) is 1.49. The van der Waals surface area contributed by atoms with E-state index in [-0.39, 0.29) is 17.1 Å². The van der Waals surface area contributed by atoms with Crippen molar-refractivity contribution in [2.45, 2.75) is 18.7 Å². The van der Waals surface area contributed by atoms with Crippen LogP contribution in [0, 0.1) is 5.92 Å². The Hall–Kier alpha value is -0.820. The lowest BCUT2D eigenvalue weighted by atomic mass is 9.83. The fourth-order valence-corrected chi connectivity index (χ4v) is 1.87. The summed E-state index contributed by atoms with van der Waals surface area (Å²) in [4.78, 5) is 11.7. The second-order valence-corrected chi connectivity index (χ2v) is 4.05. The molecule has 0 bridgehead atoms. The molecular formula is C11H11ClO. The molecule has 2 rings (SSSR count). The Kier molecular flexibility index (Phi) is 2.12. The van der Waals surface area contributed by atoms with Gasteiger partial charge < -0.3 is 0 Å². The molecule has 2 aliphatic rings. The summed E-state index contributed by atoms with van der Waals surface area (Å²) in [6.45, 7) is 1.96. The highest BCUT2D eigenvalue weighted by molar-refractivity contribution is 6.24. The summed E-state index contributed by atoms with van der Waals surface area (Å²) >= 11 is 5.91. The normalized spacial score (nSPS) is 32.3. The van der Waals surface area contributed by atoms with Crippen molar-refractivity contribution in [2.24, 2.45) is 5.92 Å². The number of rotatable bonds is 0. The van der Waals surface area contributed by atoms with Crippen LogP contribution in [-0.2, 0) is 4.79 Å². The lowest BCUT2D eigenvalue weighted by molar-refractivity contribution is -0.118. The van der Waals surface area contributed by atoms with Crippen molar-refractivity contribution >= 4 is 17.4 Å². The predicted molar refractivity (Wildman–Crippen MR) is 53.7 cm³/mol. The molecule has 0 heterocycles. The number of carbonyl (C=O) groups is 1. The number of alkyl halides is 1. The molecule has 1 nitrogen and oxygen atoms in total. The molecule has 0 aliphatic heterocycles. The zero-order valence-electron chi connectivity index (χ0n) is 7.46. The number of halogens is 1. The molecule has 2 aliphatic carbocycles. The van der Waals surface area contributed by atoms with Crippen LogP contribution in [0.5, 0.6) is 0 Å². The van der Waals surface area contributed by atoms with Gasteiger partial charge in [0.15, 0.2) is 5.78 Å². The lowest BCUT2D eigenvalue weighted by Gasteiger charge is -2.21. The third-order valence-corrected chi connectivity index (χ3v) is 2.77. The first-order valence-electron chi connectivity index (χ1n) is 4.47. The minimum atomic E-state index is -0.124. The molecule has 0 saturated carbocycles. The van der Waals surface area contributed by atoms with E-state index in [1.165, 1.54) is 0 Å². The highest BCUT2D eigenvalue weighted by atomic mass is 35.5. The molecule has 2 heteroatoms. The van der Waals surface area contributed by atoms with E-state index in [9.17, 15) is 4.79 Å². The first-order valence-corrected chi connectivity index (χ1v) is 4.91. The van der Waals surface area contributed by atoms with Gasteiger partial charge in [0.1, 0.15) is 0 Å². The van der Waals surface area contributed by atoms with Crippen LogP contribution in [0.15, 0.2) is 35.5 Å². The van der Waals surface area contributed by atoms with Gasteiger partial charge in [0.05, 0.1) is 5.38 Å². The van der Waals surface area contributed by atoms with Crippen LogP contribution in [0.4, 0.5) is 0 Å². The second-order valence-electron chi connectivity index (χ2n) is 3.54. The summed E-state index contributed by atoms with van der Waals surface area (Å²) in [6, 6.07) is 0. The van der Waals surface area contributed by atoms with Crippen LogP contribution in [0.1, 0.15) is 13.3 Å². The molecule has 0 spiro atoms. The van der Waals surface area contributed by atoms with Crippen LogP contribution < -0.4 is 0 Å². The van der Waals surface area contributed by atoms with Gasteiger partial charge in [0.2, 0.25) is 0 Å². The number of fused-ring (bicyclic) bond motifs is 1. The molecule has 2 unspecified atom stereocenters. The van der Waals surface area contributed by atoms with E-state index >= 15 is 0 Å². The van der Waals surface area contributed by atoms with Crippen molar-refractivity contribution in [2.75, 3.05) is 0 Å². The zero-order valence-corrected chi connectivity index (χ0v) is 8.21. The number of ketones is 1. The molecule has 13 heavy (non-hydrogen) atoms. The van der Waals surface area contributed by atoms with E-state index in [0.717, 1.165) is 17.6 Å². The summed E-state index contributed by atoms with van der Waals surface area (Å²) in [5, 5.41) is -0.124. The summed E-state index contributed by atoms with van der Waals surface area (Å²) in [5.74, 6) is 0.345. The maximum atomic E-state index is 11.7. The van der Waals surface area contributed by atoms with Gasteiger partial charge >= 0.3 is 0 Å². The minimum Gasteiger partial charge on any atom is -0.294 e. The van der Waals surface area contributed by atoms with Crippen LogP contribution in [0.2, 0.25) is 0 Å². The first kappa shape index (κ1) is 8.76. The van der Waals surface area contributed by atoms with Crippen molar-refractivity contribution in [3.8, 4) is 0 Å². The average Bonchev–Trinajstić information content (AvgIpc) is 2.12. The topological polar surface area (TPSA) is 17.1 Å². The largest absolute Gasteiger partial charge is 0.294 e. The number of carbonyl (C=O) groups excluding carboxylic acids is 1. The Morgan fingerprint density at radius 2 is 2.31 bits per heavy atom. The molecule has 0 N–H and O–H groups in total. The highest BCUT2D eigenvalue weighted by Gasteiger charge is 2.25. The molecule has 0 saturated heterocycles. The van der Waals surface area contributed by atoms with Crippen molar-refractivity contribution in [3.05, 3.63) is 35.5 Å². The van der Waals surface area contributed by atoms with Crippen molar-refractivity contribution in [1.29, 1.82) is 0 Å². The van der Waals surface area contributed by atoms with Gasteiger partial charge in [0.25, 0.3) is 0 Å². The highest BCUT2D eigenvalue weighted by Crippen LogP contribution is 2.30.